The molecule has 5 nitrogen and oxygen atoms in total. The van der Waals surface area contributed by atoms with Crippen molar-refractivity contribution in [2.45, 2.75) is 27.2 Å². The molecule has 1 aromatic carbocycles. The van der Waals surface area contributed by atoms with Crippen LogP contribution in [0.5, 0.6) is 5.75 Å². The molecule has 22 heavy (non-hydrogen) atoms. The number of ether oxygens (including phenoxy) is 2. The van der Waals surface area contributed by atoms with Crippen LogP contribution in [0.1, 0.15) is 37.6 Å². The van der Waals surface area contributed by atoms with Gasteiger partial charge in [-0.25, -0.2) is 4.79 Å². The molecule has 0 aliphatic heterocycles. The lowest BCUT2D eigenvalue weighted by molar-refractivity contribution is -0.155. The zero-order valence-corrected chi connectivity index (χ0v) is 14.1. The lowest BCUT2D eigenvalue weighted by Crippen LogP contribution is -2.27. The molecule has 0 heterocycles. The predicted molar refractivity (Wildman–Crippen MR) is 83.4 cm³/mol. The largest absolute Gasteiger partial charge is 0.505 e. The normalized spacial score (nSPS) is 11.1. The molecule has 0 aliphatic rings. The van der Waals surface area contributed by atoms with Gasteiger partial charge >= 0.3 is 11.9 Å². The number of phenolic OH excluding ortho intramolecular Hbond substituents is 1. The number of carbonyl (C=O) groups is 2. The van der Waals surface area contributed by atoms with Crippen LogP contribution >= 0.6 is 23.2 Å². The summed E-state index contributed by atoms with van der Waals surface area (Å²) in [5, 5.41) is 9.32. The molecule has 0 amide bonds. The molecule has 0 bridgehead atoms. The summed E-state index contributed by atoms with van der Waals surface area (Å²) >= 11 is 11.4. The maximum Gasteiger partial charge on any atom is 0.338 e. The van der Waals surface area contributed by atoms with Crippen molar-refractivity contribution >= 4 is 35.1 Å². The van der Waals surface area contributed by atoms with Gasteiger partial charge < -0.3 is 14.6 Å². The highest BCUT2D eigenvalue weighted by atomic mass is 35.5. The smallest absolute Gasteiger partial charge is 0.338 e. The van der Waals surface area contributed by atoms with Crippen molar-refractivity contribution in [3.8, 4) is 5.75 Å². The Kier molecular flexibility index (Phi) is 6.50. The molecule has 0 aliphatic carbocycles. The first kappa shape index (κ1) is 18.6. The minimum absolute atomic E-state index is 0.0342. The van der Waals surface area contributed by atoms with Crippen LogP contribution in [0, 0.1) is 5.41 Å². The number of hydrogen-bond acceptors (Lipinski definition) is 5. The highest BCUT2D eigenvalue weighted by Gasteiger charge is 2.26. The van der Waals surface area contributed by atoms with Gasteiger partial charge in [-0.05, 0) is 32.4 Å². The predicted octanol–water partition coefficient (Wildman–Crippen LogP) is 3.84. The lowest BCUT2D eigenvalue weighted by atomic mass is 9.91. The summed E-state index contributed by atoms with van der Waals surface area (Å²) in [6.07, 6.45) is 0.649. The molecule has 7 heteroatoms. The van der Waals surface area contributed by atoms with E-state index >= 15 is 0 Å². The number of hydrogen-bond donors (Lipinski definition) is 1. The Balaban J connectivity index is 2.49. The zero-order valence-electron chi connectivity index (χ0n) is 12.6. The summed E-state index contributed by atoms with van der Waals surface area (Å²) in [4.78, 5) is 23.5. The van der Waals surface area contributed by atoms with Crippen molar-refractivity contribution in [3.05, 3.63) is 27.7 Å². The van der Waals surface area contributed by atoms with E-state index in [1.807, 2.05) is 6.92 Å². The third-order valence-corrected chi connectivity index (χ3v) is 3.81. The molecule has 1 aromatic rings. The topological polar surface area (TPSA) is 72.8 Å². The van der Waals surface area contributed by atoms with Crippen molar-refractivity contribution in [1.82, 2.24) is 0 Å². The Labute approximate surface area is 139 Å². The van der Waals surface area contributed by atoms with Gasteiger partial charge in [-0.15, -0.1) is 0 Å². The molecule has 0 saturated heterocycles. The fourth-order valence-corrected chi connectivity index (χ4v) is 1.86. The van der Waals surface area contributed by atoms with Crippen LogP contribution in [0.3, 0.4) is 0 Å². The van der Waals surface area contributed by atoms with E-state index in [9.17, 15) is 14.7 Å². The second-order valence-corrected chi connectivity index (χ2v) is 6.11. The van der Waals surface area contributed by atoms with E-state index in [4.69, 9.17) is 32.7 Å². The first-order valence-corrected chi connectivity index (χ1v) is 7.47. The van der Waals surface area contributed by atoms with Gasteiger partial charge in [0.25, 0.3) is 0 Å². The molecule has 1 N–H and O–H groups in total. The van der Waals surface area contributed by atoms with Crippen molar-refractivity contribution in [2.75, 3.05) is 13.2 Å². The maximum atomic E-state index is 11.8. The minimum Gasteiger partial charge on any atom is -0.505 e. The molecule has 0 unspecified atom stereocenters. The van der Waals surface area contributed by atoms with Gasteiger partial charge in [0, 0.05) is 0 Å². The first-order chi connectivity index (χ1) is 10.2. The summed E-state index contributed by atoms with van der Waals surface area (Å²) in [6, 6.07) is 2.49. The molecule has 122 valence electrons. The molecule has 0 fully saturated rings. The Bertz CT molecular complexity index is 546. The van der Waals surface area contributed by atoms with Crippen molar-refractivity contribution in [1.29, 1.82) is 0 Å². The van der Waals surface area contributed by atoms with Crippen LogP contribution < -0.4 is 0 Å². The summed E-state index contributed by atoms with van der Waals surface area (Å²) in [6.45, 7) is 5.33. The summed E-state index contributed by atoms with van der Waals surface area (Å²) < 4.78 is 10.0. The van der Waals surface area contributed by atoms with Gasteiger partial charge in [0.05, 0.1) is 21.0 Å². The van der Waals surface area contributed by atoms with Crippen LogP contribution in [-0.2, 0) is 14.3 Å². The Morgan fingerprint density at radius 3 is 2.14 bits per heavy atom. The maximum absolute atomic E-state index is 11.8. The fourth-order valence-electron chi connectivity index (χ4n) is 1.38. The number of halogens is 2. The molecule has 0 atom stereocenters. The number of carbonyl (C=O) groups excluding carboxylic acids is 2. The van der Waals surface area contributed by atoms with E-state index in [1.165, 1.54) is 12.1 Å². The summed E-state index contributed by atoms with van der Waals surface area (Å²) in [5.41, 5.74) is -0.463. The van der Waals surface area contributed by atoms with Gasteiger partial charge in [-0.3, -0.25) is 4.79 Å². The molecule has 0 saturated carbocycles. The minimum atomic E-state index is -0.672. The fraction of sp³-hybridized carbons (Fsp3) is 0.467. The monoisotopic (exact) mass is 348 g/mol. The van der Waals surface area contributed by atoms with Gasteiger partial charge in [-0.1, -0.05) is 30.1 Å². The van der Waals surface area contributed by atoms with Crippen LogP contribution in [0.2, 0.25) is 10.0 Å². The summed E-state index contributed by atoms with van der Waals surface area (Å²) in [7, 11) is 0. The third-order valence-electron chi connectivity index (χ3n) is 3.24. The van der Waals surface area contributed by atoms with E-state index in [2.05, 4.69) is 0 Å². The second-order valence-electron chi connectivity index (χ2n) is 5.30. The van der Waals surface area contributed by atoms with Gasteiger partial charge in [0.15, 0.2) is 5.75 Å². The number of phenols is 1. The first-order valence-electron chi connectivity index (χ1n) is 6.71. The van der Waals surface area contributed by atoms with Gasteiger partial charge in [-0.2, -0.15) is 0 Å². The molecule has 0 aromatic heterocycles. The van der Waals surface area contributed by atoms with Crippen LogP contribution in [0.4, 0.5) is 0 Å². The number of aromatic hydroxyl groups is 1. The van der Waals surface area contributed by atoms with E-state index in [0.29, 0.717) is 6.42 Å². The lowest BCUT2D eigenvalue weighted by Gasteiger charge is -2.20. The average molecular weight is 349 g/mol. The van der Waals surface area contributed by atoms with Gasteiger partial charge in [0.1, 0.15) is 13.2 Å². The number of benzene rings is 1. The highest BCUT2D eigenvalue weighted by Crippen LogP contribution is 2.32. The molecular formula is C15H18Cl2O5. The quantitative estimate of drug-likeness (QED) is 0.624. The summed E-state index contributed by atoms with van der Waals surface area (Å²) in [5.74, 6) is -1.31. The van der Waals surface area contributed by atoms with E-state index in [1.54, 1.807) is 13.8 Å². The van der Waals surface area contributed by atoms with Crippen molar-refractivity contribution in [2.24, 2.45) is 5.41 Å². The zero-order chi connectivity index (χ0) is 16.9. The molecular weight excluding hydrogens is 331 g/mol. The van der Waals surface area contributed by atoms with Crippen molar-refractivity contribution < 1.29 is 24.2 Å². The highest BCUT2D eigenvalue weighted by molar-refractivity contribution is 6.37. The molecule has 0 spiro atoms. The molecule has 1 rings (SSSR count). The average Bonchev–Trinajstić information content (AvgIpc) is 2.47. The van der Waals surface area contributed by atoms with Crippen LogP contribution in [-0.4, -0.2) is 30.3 Å². The Hall–Kier alpha value is -1.46. The standard InChI is InChI=1S/C15H18Cl2O5/c1-4-15(2,3)14(20)22-6-5-21-13(19)9-7-10(16)12(18)11(17)8-9/h7-8,18H,4-6H2,1-3H3. The van der Waals surface area contributed by atoms with Gasteiger partial charge in [0.2, 0.25) is 0 Å². The molecule has 0 radical (unpaired) electrons. The number of esters is 2. The number of rotatable bonds is 6. The van der Waals surface area contributed by atoms with Crippen molar-refractivity contribution in [3.63, 3.8) is 0 Å². The SMILES string of the molecule is CCC(C)(C)C(=O)OCCOC(=O)c1cc(Cl)c(O)c(Cl)c1. The van der Waals surface area contributed by atoms with E-state index in [-0.39, 0.29) is 40.5 Å². The second kappa shape index (κ2) is 7.70. The van der Waals surface area contributed by atoms with Crippen LogP contribution in [0.15, 0.2) is 12.1 Å². The third kappa shape index (κ3) is 4.78. The van der Waals surface area contributed by atoms with E-state index in [0.717, 1.165) is 0 Å². The Morgan fingerprint density at radius 1 is 1.14 bits per heavy atom. The van der Waals surface area contributed by atoms with E-state index < -0.39 is 11.4 Å². The Morgan fingerprint density at radius 2 is 1.64 bits per heavy atom. The van der Waals surface area contributed by atoms with Crippen LogP contribution in [0.25, 0.3) is 0 Å².